The van der Waals surface area contributed by atoms with Crippen LogP contribution in [0.2, 0.25) is 0 Å². The van der Waals surface area contributed by atoms with Crippen molar-refractivity contribution in [1.82, 2.24) is 0 Å². The Morgan fingerprint density at radius 1 is 1.39 bits per heavy atom. The lowest BCUT2D eigenvalue weighted by Crippen LogP contribution is -2.26. The maximum atomic E-state index is 11.8. The second-order valence-corrected chi connectivity index (χ2v) is 5.54. The van der Waals surface area contributed by atoms with Crippen molar-refractivity contribution in [3.8, 4) is 6.07 Å². The van der Waals surface area contributed by atoms with Gasteiger partial charge in [0.15, 0.2) is 0 Å². The Balaban J connectivity index is 3.16. The van der Waals surface area contributed by atoms with Gasteiger partial charge < -0.3 is 4.90 Å². The number of aryl methyl sites for hydroxylation is 1. The molecule has 1 amide bonds. The van der Waals surface area contributed by atoms with Gasteiger partial charge in [-0.15, -0.1) is 0 Å². The largest absolute Gasteiger partial charge is 0.314 e. The van der Waals surface area contributed by atoms with E-state index in [1.54, 1.807) is 11.9 Å². The van der Waals surface area contributed by atoms with Crippen molar-refractivity contribution >= 4 is 11.6 Å². The van der Waals surface area contributed by atoms with Crippen LogP contribution in [-0.4, -0.2) is 13.0 Å². The number of amides is 1. The zero-order valence-electron chi connectivity index (χ0n) is 11.7. The first kappa shape index (κ1) is 14.2. The number of hydrogen-bond acceptors (Lipinski definition) is 2. The minimum atomic E-state index is -0.174. The van der Waals surface area contributed by atoms with Crippen molar-refractivity contribution in [2.75, 3.05) is 11.9 Å². The number of rotatable bonds is 2. The molecule has 0 N–H and O–H groups in total. The van der Waals surface area contributed by atoms with E-state index in [2.05, 4.69) is 26.8 Å². The minimum absolute atomic E-state index is 0.0432. The van der Waals surface area contributed by atoms with Crippen molar-refractivity contribution in [1.29, 1.82) is 5.26 Å². The van der Waals surface area contributed by atoms with Gasteiger partial charge in [0.2, 0.25) is 5.91 Å². The van der Waals surface area contributed by atoms with Gasteiger partial charge in [0.25, 0.3) is 0 Å². The van der Waals surface area contributed by atoms with Crippen LogP contribution in [0, 0.1) is 18.3 Å². The maximum absolute atomic E-state index is 11.8. The molecule has 0 saturated heterocycles. The number of carbonyl (C=O) groups excluding carboxylic acids is 1. The Morgan fingerprint density at radius 2 is 2.00 bits per heavy atom. The van der Waals surface area contributed by atoms with E-state index in [-0.39, 0.29) is 17.7 Å². The predicted octanol–water partition coefficient (Wildman–Crippen LogP) is 3.17. The van der Waals surface area contributed by atoms with Gasteiger partial charge in [-0.2, -0.15) is 5.26 Å². The molecular formula is C15H20N2O. The van der Waals surface area contributed by atoms with Gasteiger partial charge in [-0.1, -0.05) is 32.9 Å². The van der Waals surface area contributed by atoms with Crippen molar-refractivity contribution < 1.29 is 4.79 Å². The van der Waals surface area contributed by atoms with E-state index >= 15 is 0 Å². The van der Waals surface area contributed by atoms with Crippen molar-refractivity contribution in [3.63, 3.8) is 0 Å². The van der Waals surface area contributed by atoms with Gasteiger partial charge in [0.1, 0.15) is 6.42 Å². The summed E-state index contributed by atoms with van der Waals surface area (Å²) < 4.78 is 0. The minimum Gasteiger partial charge on any atom is -0.314 e. The van der Waals surface area contributed by atoms with E-state index in [4.69, 9.17) is 5.26 Å². The monoisotopic (exact) mass is 244 g/mol. The Kier molecular flexibility index (Phi) is 4.13. The first-order chi connectivity index (χ1) is 8.27. The molecule has 1 aromatic carbocycles. The molecule has 0 heterocycles. The Hall–Kier alpha value is -1.82. The molecule has 0 saturated carbocycles. The maximum Gasteiger partial charge on any atom is 0.240 e. The van der Waals surface area contributed by atoms with Crippen LogP contribution in [0.25, 0.3) is 0 Å². The van der Waals surface area contributed by atoms with E-state index in [0.717, 1.165) is 11.3 Å². The zero-order valence-corrected chi connectivity index (χ0v) is 11.7. The average Bonchev–Trinajstić information content (AvgIpc) is 2.27. The molecule has 0 aliphatic heterocycles. The topological polar surface area (TPSA) is 44.1 Å². The molecule has 18 heavy (non-hydrogen) atoms. The number of hydrogen-bond donors (Lipinski definition) is 0. The summed E-state index contributed by atoms with van der Waals surface area (Å²) in [5, 5.41) is 8.59. The summed E-state index contributed by atoms with van der Waals surface area (Å²) in [5.41, 5.74) is 3.14. The summed E-state index contributed by atoms with van der Waals surface area (Å²) in [6.45, 7) is 8.38. The van der Waals surface area contributed by atoms with E-state index in [1.807, 2.05) is 25.1 Å². The third-order valence-corrected chi connectivity index (χ3v) is 3.04. The van der Waals surface area contributed by atoms with Crippen LogP contribution in [0.1, 0.15) is 38.3 Å². The average molecular weight is 244 g/mol. The smallest absolute Gasteiger partial charge is 0.240 e. The molecule has 0 unspecified atom stereocenters. The third-order valence-electron chi connectivity index (χ3n) is 3.04. The van der Waals surface area contributed by atoms with Gasteiger partial charge in [0.05, 0.1) is 6.07 Å². The van der Waals surface area contributed by atoms with E-state index in [9.17, 15) is 4.79 Å². The van der Waals surface area contributed by atoms with Crippen molar-refractivity contribution in [3.05, 3.63) is 29.3 Å². The molecule has 0 fully saturated rings. The number of anilines is 1. The molecule has 1 rings (SSSR count). The predicted molar refractivity (Wildman–Crippen MR) is 73.5 cm³/mol. The highest BCUT2D eigenvalue weighted by Crippen LogP contribution is 2.28. The third kappa shape index (κ3) is 3.10. The molecule has 0 spiro atoms. The van der Waals surface area contributed by atoms with E-state index in [0.29, 0.717) is 0 Å². The molecular weight excluding hydrogens is 224 g/mol. The van der Waals surface area contributed by atoms with Gasteiger partial charge in [-0.25, -0.2) is 0 Å². The van der Waals surface area contributed by atoms with Crippen LogP contribution >= 0.6 is 0 Å². The van der Waals surface area contributed by atoms with Crippen molar-refractivity contribution in [2.45, 2.75) is 39.5 Å². The quantitative estimate of drug-likeness (QED) is 0.802. The lowest BCUT2D eigenvalue weighted by Gasteiger charge is -2.24. The fourth-order valence-corrected chi connectivity index (χ4v) is 1.76. The molecule has 1 aromatic rings. The summed E-state index contributed by atoms with van der Waals surface area (Å²) >= 11 is 0. The zero-order chi connectivity index (χ0) is 13.9. The first-order valence-corrected chi connectivity index (χ1v) is 6.02. The molecule has 0 aromatic heterocycles. The molecule has 0 atom stereocenters. The summed E-state index contributed by atoms with van der Waals surface area (Å²) in [7, 11) is 1.72. The van der Waals surface area contributed by atoms with Crippen molar-refractivity contribution in [2.24, 2.45) is 0 Å². The van der Waals surface area contributed by atoms with Crippen LogP contribution in [-0.2, 0) is 10.2 Å². The summed E-state index contributed by atoms with van der Waals surface area (Å²) in [4.78, 5) is 13.3. The van der Waals surface area contributed by atoms with Gasteiger partial charge in [-0.05, 0) is 29.5 Å². The molecule has 3 nitrogen and oxygen atoms in total. The Bertz CT molecular complexity index is 492. The number of nitriles is 1. The highest BCUT2D eigenvalue weighted by molar-refractivity contribution is 5.94. The van der Waals surface area contributed by atoms with Crippen LogP contribution in [0.5, 0.6) is 0 Å². The summed E-state index contributed by atoms with van der Waals surface area (Å²) in [5.74, 6) is -0.174. The second kappa shape index (κ2) is 5.22. The van der Waals surface area contributed by atoms with E-state index in [1.165, 1.54) is 5.56 Å². The molecule has 0 aliphatic carbocycles. The normalized spacial score (nSPS) is 10.9. The number of nitrogens with zero attached hydrogens (tertiary/aromatic N) is 2. The second-order valence-electron chi connectivity index (χ2n) is 5.54. The molecule has 0 bridgehead atoms. The Labute approximate surface area is 109 Å². The summed E-state index contributed by atoms with van der Waals surface area (Å²) in [6, 6.07) is 8.03. The van der Waals surface area contributed by atoms with Gasteiger partial charge in [0, 0.05) is 12.7 Å². The van der Waals surface area contributed by atoms with Crippen LogP contribution in [0.15, 0.2) is 18.2 Å². The van der Waals surface area contributed by atoms with Gasteiger partial charge in [-0.3, -0.25) is 4.79 Å². The lowest BCUT2D eigenvalue weighted by molar-refractivity contribution is -0.117. The van der Waals surface area contributed by atoms with Crippen LogP contribution in [0.3, 0.4) is 0 Å². The number of carbonyl (C=O) groups is 1. The lowest BCUT2D eigenvalue weighted by atomic mass is 9.86. The fourth-order valence-electron chi connectivity index (χ4n) is 1.76. The molecule has 0 radical (unpaired) electrons. The fraction of sp³-hybridized carbons (Fsp3) is 0.467. The molecule has 0 aliphatic rings. The van der Waals surface area contributed by atoms with Crippen LogP contribution in [0.4, 0.5) is 5.69 Å². The SMILES string of the molecule is Cc1ccc(C(C)(C)C)cc1N(C)C(=O)CC#N. The van der Waals surface area contributed by atoms with Gasteiger partial charge >= 0.3 is 0 Å². The van der Waals surface area contributed by atoms with Crippen LogP contribution < -0.4 is 4.90 Å². The molecule has 96 valence electrons. The molecule has 3 heteroatoms. The standard InChI is InChI=1S/C15H20N2O/c1-11-6-7-12(15(2,3)4)10-13(11)17(5)14(18)8-9-16/h6-7,10H,8H2,1-5H3. The van der Waals surface area contributed by atoms with E-state index < -0.39 is 0 Å². The number of benzene rings is 1. The highest BCUT2D eigenvalue weighted by atomic mass is 16.2. The summed E-state index contributed by atoms with van der Waals surface area (Å²) in [6.07, 6.45) is -0.0876. The first-order valence-electron chi connectivity index (χ1n) is 6.02. The highest BCUT2D eigenvalue weighted by Gasteiger charge is 2.18. The Morgan fingerprint density at radius 3 is 2.50 bits per heavy atom.